The summed E-state index contributed by atoms with van der Waals surface area (Å²) >= 11 is 7.21. The van der Waals surface area contributed by atoms with E-state index >= 15 is 0 Å². The van der Waals surface area contributed by atoms with Crippen molar-refractivity contribution in [2.45, 2.75) is 32.6 Å². The van der Waals surface area contributed by atoms with E-state index in [4.69, 9.17) is 16.3 Å². The summed E-state index contributed by atoms with van der Waals surface area (Å²) in [5.74, 6) is 1.48. The highest BCUT2D eigenvalue weighted by Crippen LogP contribution is 2.34. The van der Waals surface area contributed by atoms with E-state index in [1.54, 1.807) is 12.1 Å². The minimum Gasteiger partial charge on any atom is -0.492 e. The predicted octanol–water partition coefficient (Wildman–Crippen LogP) is 5.43. The third-order valence-electron chi connectivity index (χ3n) is 4.91. The highest BCUT2D eigenvalue weighted by Gasteiger charge is 2.25. The van der Waals surface area contributed by atoms with Crippen molar-refractivity contribution in [2.24, 2.45) is 11.8 Å². The SMILES string of the molecule is C=C(C)C1CCC(COc2ccc(/C=C3\SC(=O)NC3=O)cc2Cl)CC1. The number of benzene rings is 1. The second-order valence-electron chi connectivity index (χ2n) is 6.92. The van der Waals surface area contributed by atoms with E-state index in [0.29, 0.717) is 34.1 Å². The van der Waals surface area contributed by atoms with Crippen molar-refractivity contribution in [3.63, 3.8) is 0 Å². The number of thioether (sulfide) groups is 1. The molecule has 138 valence electrons. The number of imide groups is 1. The van der Waals surface area contributed by atoms with Gasteiger partial charge in [-0.25, -0.2) is 0 Å². The summed E-state index contributed by atoms with van der Waals surface area (Å²) in [5, 5.41) is 2.38. The van der Waals surface area contributed by atoms with Crippen LogP contribution in [-0.4, -0.2) is 17.8 Å². The molecule has 1 aromatic rings. The molecule has 1 heterocycles. The first kappa shape index (κ1) is 19.1. The third-order valence-corrected chi connectivity index (χ3v) is 6.02. The van der Waals surface area contributed by atoms with E-state index in [-0.39, 0.29) is 11.1 Å². The molecule has 3 rings (SSSR count). The first-order chi connectivity index (χ1) is 12.4. The highest BCUT2D eigenvalue weighted by molar-refractivity contribution is 8.18. The van der Waals surface area contributed by atoms with Crippen LogP contribution in [0.5, 0.6) is 5.75 Å². The quantitative estimate of drug-likeness (QED) is 0.537. The van der Waals surface area contributed by atoms with E-state index in [1.165, 1.54) is 18.4 Å². The van der Waals surface area contributed by atoms with Crippen LogP contribution in [0.1, 0.15) is 38.2 Å². The second kappa shape index (κ2) is 8.31. The monoisotopic (exact) mass is 391 g/mol. The van der Waals surface area contributed by atoms with Gasteiger partial charge in [0, 0.05) is 0 Å². The number of hydrogen-bond donors (Lipinski definition) is 1. The van der Waals surface area contributed by atoms with Crippen molar-refractivity contribution >= 4 is 40.6 Å². The molecule has 1 aromatic carbocycles. The van der Waals surface area contributed by atoms with Crippen LogP contribution in [-0.2, 0) is 4.79 Å². The normalized spacial score (nSPS) is 24.6. The standard InChI is InChI=1S/C20H22ClNO3S/c1-12(2)15-6-3-13(4-7-15)11-25-17-8-5-14(9-16(17)21)10-18-19(23)22-20(24)26-18/h5,8-10,13,15H,1,3-4,6-7,11H2,2H3,(H,22,23,24)/b18-10-. The van der Waals surface area contributed by atoms with Gasteiger partial charge in [0.05, 0.1) is 16.5 Å². The van der Waals surface area contributed by atoms with Gasteiger partial charge in [-0.2, -0.15) is 0 Å². The summed E-state index contributed by atoms with van der Waals surface area (Å²) in [7, 11) is 0. The zero-order valence-electron chi connectivity index (χ0n) is 14.7. The lowest BCUT2D eigenvalue weighted by molar-refractivity contribution is -0.115. The Bertz CT molecular complexity index is 766. The number of carbonyl (C=O) groups is 2. The predicted molar refractivity (Wildman–Crippen MR) is 106 cm³/mol. The number of amides is 2. The van der Waals surface area contributed by atoms with Gasteiger partial charge < -0.3 is 4.74 Å². The lowest BCUT2D eigenvalue weighted by Gasteiger charge is -2.28. The van der Waals surface area contributed by atoms with E-state index in [0.717, 1.165) is 30.2 Å². The molecule has 1 aliphatic carbocycles. The number of ether oxygens (including phenoxy) is 1. The lowest BCUT2D eigenvalue weighted by atomic mass is 9.79. The van der Waals surface area contributed by atoms with Gasteiger partial charge in [0.25, 0.3) is 11.1 Å². The summed E-state index contributed by atoms with van der Waals surface area (Å²) < 4.78 is 5.92. The molecule has 1 saturated heterocycles. The highest BCUT2D eigenvalue weighted by atomic mass is 35.5. The maximum Gasteiger partial charge on any atom is 0.290 e. The maximum absolute atomic E-state index is 11.6. The molecule has 1 aliphatic heterocycles. The van der Waals surface area contributed by atoms with Gasteiger partial charge in [-0.15, -0.1) is 0 Å². The molecule has 2 aliphatic rings. The third kappa shape index (κ3) is 4.71. The number of allylic oxidation sites excluding steroid dienone is 1. The Morgan fingerprint density at radius 1 is 1.35 bits per heavy atom. The molecule has 0 bridgehead atoms. The van der Waals surface area contributed by atoms with Gasteiger partial charge >= 0.3 is 0 Å². The molecule has 0 radical (unpaired) electrons. The van der Waals surface area contributed by atoms with Crippen LogP contribution in [0.3, 0.4) is 0 Å². The number of carbonyl (C=O) groups excluding carboxylic acids is 2. The van der Waals surface area contributed by atoms with E-state index in [2.05, 4.69) is 18.8 Å². The van der Waals surface area contributed by atoms with Crippen LogP contribution in [0.2, 0.25) is 5.02 Å². The van der Waals surface area contributed by atoms with Crippen LogP contribution in [0.15, 0.2) is 35.3 Å². The first-order valence-corrected chi connectivity index (χ1v) is 9.94. The zero-order chi connectivity index (χ0) is 18.7. The van der Waals surface area contributed by atoms with Crippen molar-refractivity contribution in [1.29, 1.82) is 0 Å². The Morgan fingerprint density at radius 2 is 2.08 bits per heavy atom. The van der Waals surface area contributed by atoms with Crippen molar-refractivity contribution in [3.8, 4) is 5.75 Å². The molecule has 0 unspecified atom stereocenters. The Hall–Kier alpha value is -1.72. The van der Waals surface area contributed by atoms with Gasteiger partial charge in [0.1, 0.15) is 5.75 Å². The zero-order valence-corrected chi connectivity index (χ0v) is 16.3. The van der Waals surface area contributed by atoms with Gasteiger partial charge in [-0.05, 0) is 80.0 Å². The van der Waals surface area contributed by atoms with Crippen LogP contribution in [0.4, 0.5) is 4.79 Å². The van der Waals surface area contributed by atoms with Crippen LogP contribution in [0, 0.1) is 11.8 Å². The molecule has 1 N–H and O–H groups in total. The fraction of sp³-hybridized carbons (Fsp3) is 0.400. The number of hydrogen-bond acceptors (Lipinski definition) is 4. The molecule has 0 aromatic heterocycles. The molecular weight excluding hydrogens is 370 g/mol. The Balaban J connectivity index is 1.57. The minimum absolute atomic E-state index is 0.353. The number of halogens is 1. The summed E-state index contributed by atoms with van der Waals surface area (Å²) in [6.07, 6.45) is 6.32. The van der Waals surface area contributed by atoms with Gasteiger partial charge in [-0.3, -0.25) is 14.9 Å². The molecule has 1 saturated carbocycles. The van der Waals surface area contributed by atoms with Gasteiger partial charge in [-0.1, -0.05) is 29.8 Å². The Kier molecular flexibility index (Phi) is 6.09. The first-order valence-electron chi connectivity index (χ1n) is 8.75. The molecule has 2 amide bonds. The van der Waals surface area contributed by atoms with Crippen LogP contribution in [0.25, 0.3) is 6.08 Å². The molecule has 26 heavy (non-hydrogen) atoms. The Morgan fingerprint density at radius 3 is 2.65 bits per heavy atom. The second-order valence-corrected chi connectivity index (χ2v) is 8.34. The average Bonchev–Trinajstić information content (AvgIpc) is 2.91. The number of nitrogens with one attached hydrogen (secondary N) is 1. The molecule has 4 nitrogen and oxygen atoms in total. The molecule has 2 fully saturated rings. The van der Waals surface area contributed by atoms with Crippen molar-refractivity contribution in [3.05, 3.63) is 45.8 Å². The average molecular weight is 392 g/mol. The van der Waals surface area contributed by atoms with Gasteiger partial charge in [0.2, 0.25) is 0 Å². The fourth-order valence-corrected chi connectivity index (χ4v) is 4.25. The molecular formula is C20H22ClNO3S. The maximum atomic E-state index is 11.6. The largest absolute Gasteiger partial charge is 0.492 e. The molecule has 0 atom stereocenters. The lowest BCUT2D eigenvalue weighted by Crippen LogP contribution is -2.20. The van der Waals surface area contributed by atoms with Crippen molar-refractivity contribution in [1.82, 2.24) is 5.32 Å². The van der Waals surface area contributed by atoms with Crippen LogP contribution >= 0.6 is 23.4 Å². The summed E-state index contributed by atoms with van der Waals surface area (Å²) in [6.45, 7) is 6.84. The van der Waals surface area contributed by atoms with Crippen molar-refractivity contribution in [2.75, 3.05) is 6.61 Å². The van der Waals surface area contributed by atoms with Gasteiger partial charge in [0.15, 0.2) is 0 Å². The molecule has 0 spiro atoms. The van der Waals surface area contributed by atoms with E-state index in [9.17, 15) is 9.59 Å². The Labute approximate surface area is 163 Å². The van der Waals surface area contributed by atoms with Crippen LogP contribution < -0.4 is 10.1 Å². The number of rotatable bonds is 5. The fourth-order valence-electron chi connectivity index (χ4n) is 3.33. The summed E-state index contributed by atoms with van der Waals surface area (Å²) in [5.41, 5.74) is 2.05. The van der Waals surface area contributed by atoms with E-state index in [1.807, 2.05) is 12.1 Å². The van der Waals surface area contributed by atoms with Crippen molar-refractivity contribution < 1.29 is 14.3 Å². The molecule has 6 heteroatoms. The summed E-state index contributed by atoms with van der Waals surface area (Å²) in [6, 6.07) is 5.40. The smallest absolute Gasteiger partial charge is 0.290 e. The van der Waals surface area contributed by atoms with E-state index < -0.39 is 0 Å². The topological polar surface area (TPSA) is 55.4 Å². The minimum atomic E-state index is -0.373. The summed E-state index contributed by atoms with van der Waals surface area (Å²) in [4.78, 5) is 23.2.